The number of ether oxygens (including phenoxy) is 1. The molecule has 8 nitrogen and oxygen atoms in total. The van der Waals surface area contributed by atoms with Gasteiger partial charge < -0.3 is 25.6 Å². The second kappa shape index (κ2) is 11.2. The van der Waals surface area contributed by atoms with Crippen molar-refractivity contribution in [2.24, 2.45) is 0 Å². The molecule has 2 aromatic rings. The number of carbonyl (C=O) groups is 3. The lowest BCUT2D eigenvalue weighted by molar-refractivity contribution is -0.142. The number of aliphatic carboxylic acids is 1. The van der Waals surface area contributed by atoms with Gasteiger partial charge in [-0.15, -0.1) is 0 Å². The Morgan fingerprint density at radius 3 is 2.24 bits per heavy atom. The second-order valence-electron chi connectivity index (χ2n) is 8.15. The molecule has 1 atom stereocenters. The zero-order valence-electron chi connectivity index (χ0n) is 18.4. The minimum Gasteiger partial charge on any atom is -0.481 e. The second-order valence-corrected chi connectivity index (χ2v) is 9.25. The van der Waals surface area contributed by atoms with Crippen molar-refractivity contribution in [2.75, 3.05) is 31.2 Å². The number of aliphatic hydroxyl groups is 1. The smallest absolute Gasteiger partial charge is 0.407 e. The summed E-state index contributed by atoms with van der Waals surface area (Å²) in [6, 6.07) is 16.2. The number of benzene rings is 2. The lowest BCUT2D eigenvalue weighted by atomic mass is 9.98. The van der Waals surface area contributed by atoms with Crippen molar-refractivity contribution in [3.63, 3.8) is 0 Å². The largest absolute Gasteiger partial charge is 0.481 e. The summed E-state index contributed by atoms with van der Waals surface area (Å²) in [5.41, 5.74) is 3.13. The monoisotopic (exact) mass is 472 g/mol. The number of carbonyl (C=O) groups excluding carboxylic acids is 2. The van der Waals surface area contributed by atoms with Crippen molar-refractivity contribution in [2.45, 2.75) is 24.9 Å². The summed E-state index contributed by atoms with van der Waals surface area (Å²) in [5.74, 6) is -0.812. The first-order valence-electron chi connectivity index (χ1n) is 10.6. The van der Waals surface area contributed by atoms with Gasteiger partial charge in [0.1, 0.15) is 6.61 Å². The average Bonchev–Trinajstić information content (AvgIpc) is 3.09. The molecule has 0 bridgehead atoms. The maximum absolute atomic E-state index is 12.1. The zero-order chi connectivity index (χ0) is 23.8. The van der Waals surface area contributed by atoms with Crippen LogP contribution in [0.5, 0.6) is 0 Å². The van der Waals surface area contributed by atoms with Gasteiger partial charge in [0.25, 0.3) is 0 Å². The van der Waals surface area contributed by atoms with Crippen LogP contribution in [0.1, 0.15) is 30.4 Å². The third kappa shape index (κ3) is 6.97. The number of amides is 2. The molecule has 0 saturated heterocycles. The van der Waals surface area contributed by atoms with Crippen LogP contribution in [0, 0.1) is 0 Å². The number of rotatable bonds is 11. The molecule has 2 amide bonds. The van der Waals surface area contributed by atoms with Crippen LogP contribution in [-0.4, -0.2) is 65.0 Å². The van der Waals surface area contributed by atoms with Crippen LogP contribution in [0.15, 0.2) is 48.5 Å². The summed E-state index contributed by atoms with van der Waals surface area (Å²) >= 11 is 1.31. The lowest BCUT2D eigenvalue weighted by Crippen LogP contribution is -2.42. The van der Waals surface area contributed by atoms with E-state index in [9.17, 15) is 19.5 Å². The predicted molar refractivity (Wildman–Crippen MR) is 126 cm³/mol. The van der Waals surface area contributed by atoms with Gasteiger partial charge in [-0.3, -0.25) is 9.59 Å². The summed E-state index contributed by atoms with van der Waals surface area (Å²) in [6.07, 6.45) is -0.962. The standard InChI is InChI=1S/C24H28N2O6S/c1-24(31,12-22(28)29)15-26-21(27)14-33-11-10-25-23(30)32-13-20-18-8-4-2-6-16(18)17-7-3-5-9-19(17)20/h2-9,20,31H,10-15H2,1H3,(H,25,30)(H,26,27)(H,28,29). The topological polar surface area (TPSA) is 125 Å². The van der Waals surface area contributed by atoms with Gasteiger partial charge in [-0.25, -0.2) is 4.79 Å². The molecular weight excluding hydrogens is 444 g/mol. The molecule has 0 spiro atoms. The average molecular weight is 473 g/mol. The molecule has 1 aliphatic carbocycles. The molecule has 0 radical (unpaired) electrons. The third-order valence-electron chi connectivity index (χ3n) is 5.29. The van der Waals surface area contributed by atoms with E-state index in [1.807, 2.05) is 24.3 Å². The molecule has 1 unspecified atom stereocenters. The molecule has 1 aliphatic rings. The minimum atomic E-state index is -1.50. The van der Waals surface area contributed by atoms with E-state index in [2.05, 4.69) is 34.9 Å². The maximum Gasteiger partial charge on any atom is 0.407 e. The van der Waals surface area contributed by atoms with Gasteiger partial charge in [-0.05, 0) is 29.2 Å². The van der Waals surface area contributed by atoms with E-state index in [0.29, 0.717) is 12.3 Å². The van der Waals surface area contributed by atoms with Crippen LogP contribution >= 0.6 is 11.8 Å². The van der Waals surface area contributed by atoms with E-state index in [4.69, 9.17) is 9.84 Å². The highest BCUT2D eigenvalue weighted by molar-refractivity contribution is 7.99. The summed E-state index contributed by atoms with van der Waals surface area (Å²) in [6.45, 7) is 1.79. The number of fused-ring (bicyclic) bond motifs is 3. The number of carboxylic acids is 1. The van der Waals surface area contributed by atoms with E-state index in [-0.39, 0.29) is 30.7 Å². The summed E-state index contributed by atoms with van der Waals surface area (Å²) in [7, 11) is 0. The number of hydrogen-bond donors (Lipinski definition) is 4. The summed E-state index contributed by atoms with van der Waals surface area (Å²) < 4.78 is 5.46. The third-order valence-corrected chi connectivity index (χ3v) is 6.25. The van der Waals surface area contributed by atoms with Crippen LogP contribution in [-0.2, 0) is 14.3 Å². The Morgan fingerprint density at radius 1 is 1.03 bits per heavy atom. The van der Waals surface area contributed by atoms with Crippen LogP contribution in [0.2, 0.25) is 0 Å². The fraction of sp³-hybridized carbons (Fsp3) is 0.375. The van der Waals surface area contributed by atoms with Gasteiger partial charge >= 0.3 is 12.1 Å². The molecule has 33 heavy (non-hydrogen) atoms. The van der Waals surface area contributed by atoms with Crippen molar-refractivity contribution in [1.82, 2.24) is 10.6 Å². The van der Waals surface area contributed by atoms with Crippen molar-refractivity contribution >= 4 is 29.7 Å². The SMILES string of the molecule is CC(O)(CNC(=O)CSCCNC(=O)OCC1c2ccccc2-c2ccccc21)CC(=O)O. The normalized spacial score (nSPS) is 14.0. The highest BCUT2D eigenvalue weighted by atomic mass is 32.2. The molecule has 0 fully saturated rings. The molecule has 0 aromatic heterocycles. The predicted octanol–water partition coefficient (Wildman–Crippen LogP) is 2.60. The van der Waals surface area contributed by atoms with E-state index >= 15 is 0 Å². The Bertz CT molecular complexity index is 964. The summed E-state index contributed by atoms with van der Waals surface area (Å²) in [4.78, 5) is 34.6. The molecule has 176 valence electrons. The van der Waals surface area contributed by atoms with E-state index < -0.39 is 24.1 Å². The van der Waals surface area contributed by atoms with Crippen molar-refractivity contribution in [3.8, 4) is 11.1 Å². The first-order chi connectivity index (χ1) is 15.8. The van der Waals surface area contributed by atoms with Gasteiger partial charge in [0.2, 0.25) is 5.91 Å². The molecule has 3 rings (SSSR count). The summed E-state index contributed by atoms with van der Waals surface area (Å²) in [5, 5.41) is 23.8. The highest BCUT2D eigenvalue weighted by Crippen LogP contribution is 2.44. The molecule has 9 heteroatoms. The Balaban J connectivity index is 1.34. The molecule has 2 aromatic carbocycles. The van der Waals surface area contributed by atoms with Gasteiger partial charge in [-0.1, -0.05) is 48.5 Å². The first-order valence-corrected chi connectivity index (χ1v) is 11.8. The van der Waals surface area contributed by atoms with Crippen molar-refractivity contribution < 1.29 is 29.3 Å². The molecule has 0 aliphatic heterocycles. The number of thioether (sulfide) groups is 1. The Labute approximate surface area is 196 Å². The Morgan fingerprint density at radius 2 is 1.64 bits per heavy atom. The van der Waals surface area contributed by atoms with Crippen LogP contribution in [0.4, 0.5) is 4.79 Å². The Kier molecular flexibility index (Phi) is 8.35. The Hall–Kier alpha value is -3.04. The molecule has 0 saturated carbocycles. The molecular formula is C24H28N2O6S. The lowest BCUT2D eigenvalue weighted by Gasteiger charge is -2.21. The minimum absolute atomic E-state index is 0.000409. The fourth-order valence-electron chi connectivity index (χ4n) is 3.77. The van der Waals surface area contributed by atoms with E-state index in [1.165, 1.54) is 29.8 Å². The quantitative estimate of drug-likeness (QED) is 0.371. The van der Waals surface area contributed by atoms with E-state index in [0.717, 1.165) is 11.1 Å². The van der Waals surface area contributed by atoms with Gasteiger partial charge in [0, 0.05) is 24.8 Å². The van der Waals surface area contributed by atoms with Crippen molar-refractivity contribution in [3.05, 3.63) is 59.7 Å². The van der Waals surface area contributed by atoms with Gasteiger partial charge in [0.15, 0.2) is 0 Å². The number of alkyl carbamates (subject to hydrolysis) is 1. The zero-order valence-corrected chi connectivity index (χ0v) is 19.2. The first kappa shape index (κ1) is 24.6. The van der Waals surface area contributed by atoms with Gasteiger partial charge in [0.05, 0.1) is 17.8 Å². The maximum atomic E-state index is 12.1. The van der Waals surface area contributed by atoms with Crippen molar-refractivity contribution in [1.29, 1.82) is 0 Å². The molecule has 0 heterocycles. The van der Waals surface area contributed by atoms with E-state index in [1.54, 1.807) is 0 Å². The van der Waals surface area contributed by atoms with Gasteiger partial charge in [-0.2, -0.15) is 11.8 Å². The fourth-order valence-corrected chi connectivity index (χ4v) is 4.45. The number of nitrogens with one attached hydrogen (secondary N) is 2. The van der Waals surface area contributed by atoms with Crippen LogP contribution in [0.25, 0.3) is 11.1 Å². The van der Waals surface area contributed by atoms with Crippen LogP contribution in [0.3, 0.4) is 0 Å². The highest BCUT2D eigenvalue weighted by Gasteiger charge is 2.29. The number of hydrogen-bond acceptors (Lipinski definition) is 6. The number of carboxylic acid groups (broad SMARTS) is 1. The van der Waals surface area contributed by atoms with Crippen LogP contribution < -0.4 is 10.6 Å². The molecule has 4 N–H and O–H groups in total.